The smallest absolute Gasteiger partial charge is 0.265 e. The second kappa shape index (κ2) is 9.37. The monoisotopic (exact) mass is 424 g/mol. The zero-order valence-corrected chi connectivity index (χ0v) is 17.7. The number of rotatable bonds is 9. The van der Waals surface area contributed by atoms with Gasteiger partial charge in [0.15, 0.2) is 11.5 Å². The van der Waals surface area contributed by atoms with Gasteiger partial charge in [0.1, 0.15) is 18.0 Å². The molecule has 0 heterocycles. The molecule has 0 aliphatic heterocycles. The summed E-state index contributed by atoms with van der Waals surface area (Å²) in [7, 11) is 2.97. The van der Waals surface area contributed by atoms with Gasteiger partial charge in [-0.05, 0) is 24.3 Å². The van der Waals surface area contributed by atoms with Gasteiger partial charge in [-0.1, -0.05) is 0 Å². The lowest BCUT2D eigenvalue weighted by Gasteiger charge is -2.26. The van der Waals surface area contributed by atoms with Gasteiger partial charge in [0, 0.05) is 19.2 Å². The Balaban J connectivity index is 2.68. The van der Waals surface area contributed by atoms with E-state index in [9.17, 15) is 13.2 Å². The van der Waals surface area contributed by atoms with Crippen LogP contribution in [-0.4, -0.2) is 56.4 Å². The fourth-order valence-electron chi connectivity index (χ4n) is 2.61. The molecule has 2 aromatic rings. The number of benzene rings is 2. The first kappa shape index (κ1) is 22.2. The van der Waals surface area contributed by atoms with E-state index in [0.29, 0.717) is 11.5 Å². The lowest BCUT2D eigenvalue weighted by molar-refractivity contribution is -0.119. The van der Waals surface area contributed by atoms with Gasteiger partial charge in [-0.3, -0.25) is 9.10 Å². The van der Waals surface area contributed by atoms with Crippen LogP contribution in [0.1, 0.15) is 0 Å². The molecule has 0 aliphatic rings. The number of likely N-dealkylation sites (N-methyl/N-ethyl adjacent to an activating group) is 1. The molecule has 0 radical (unpaired) electrons. The number of carbonyl (C=O) groups is 1. The van der Waals surface area contributed by atoms with Crippen LogP contribution in [0.25, 0.3) is 0 Å². The van der Waals surface area contributed by atoms with E-state index in [4.69, 9.17) is 18.9 Å². The largest absolute Gasteiger partial charge is 0.497 e. The van der Waals surface area contributed by atoms with Crippen LogP contribution in [0.15, 0.2) is 41.3 Å². The molecule has 29 heavy (non-hydrogen) atoms. The quantitative estimate of drug-likeness (QED) is 0.653. The Labute approximate surface area is 170 Å². The Morgan fingerprint density at radius 3 is 2.07 bits per heavy atom. The van der Waals surface area contributed by atoms with Crippen molar-refractivity contribution in [2.45, 2.75) is 4.90 Å². The summed E-state index contributed by atoms with van der Waals surface area (Å²) in [6.45, 7) is -0.462. The summed E-state index contributed by atoms with van der Waals surface area (Å²) in [6, 6.07) is 8.86. The topological polar surface area (TPSA) is 103 Å². The molecular formula is C19H24N2O7S. The molecule has 0 spiro atoms. The lowest BCUT2D eigenvalue weighted by atomic mass is 10.2. The maximum Gasteiger partial charge on any atom is 0.265 e. The Morgan fingerprint density at radius 1 is 0.897 bits per heavy atom. The van der Waals surface area contributed by atoms with Gasteiger partial charge >= 0.3 is 0 Å². The lowest BCUT2D eigenvalue weighted by Crippen LogP contribution is -2.40. The fraction of sp³-hybridized carbons (Fsp3) is 0.316. The van der Waals surface area contributed by atoms with Crippen LogP contribution >= 0.6 is 0 Å². The Bertz CT molecular complexity index is 977. The minimum atomic E-state index is -4.17. The number of amides is 1. The van der Waals surface area contributed by atoms with Crippen LogP contribution in [0.3, 0.4) is 0 Å². The molecule has 0 saturated heterocycles. The molecule has 0 fully saturated rings. The molecule has 0 unspecified atom stereocenters. The fourth-order valence-corrected chi connectivity index (χ4v) is 4.04. The highest BCUT2D eigenvalue weighted by Crippen LogP contribution is 2.37. The van der Waals surface area contributed by atoms with E-state index in [1.165, 1.54) is 59.8 Å². The summed E-state index contributed by atoms with van der Waals surface area (Å²) in [5.41, 5.74) is 0.158. The average Bonchev–Trinajstić information content (AvgIpc) is 2.75. The molecule has 2 aromatic carbocycles. The normalized spacial score (nSPS) is 10.8. The number of carbonyl (C=O) groups excluding carboxylic acids is 1. The number of nitrogens with one attached hydrogen (secondary N) is 1. The predicted octanol–water partition coefficient (Wildman–Crippen LogP) is 1.66. The summed E-state index contributed by atoms with van der Waals surface area (Å²) in [5.74, 6) is 0.789. The van der Waals surface area contributed by atoms with Crippen molar-refractivity contribution in [2.24, 2.45) is 0 Å². The van der Waals surface area contributed by atoms with Gasteiger partial charge < -0.3 is 24.3 Å². The standard InChI is InChI=1S/C19H24N2O7S/c1-20-19(22)12-21(15-10-13(25-2)6-8-16(15)26-3)29(23,24)14-7-9-17(27-4)18(11-14)28-5/h6-11H,12H2,1-5H3,(H,20,22). The van der Waals surface area contributed by atoms with Crippen LogP contribution in [0, 0.1) is 0 Å². The second-order valence-electron chi connectivity index (χ2n) is 5.74. The van der Waals surface area contributed by atoms with Gasteiger partial charge in [-0.2, -0.15) is 0 Å². The average molecular weight is 424 g/mol. The van der Waals surface area contributed by atoms with E-state index in [2.05, 4.69) is 5.32 Å². The first-order valence-corrected chi connectivity index (χ1v) is 9.93. The van der Waals surface area contributed by atoms with Crippen LogP contribution < -0.4 is 28.6 Å². The van der Waals surface area contributed by atoms with Gasteiger partial charge in [0.05, 0.1) is 39.0 Å². The van der Waals surface area contributed by atoms with Crippen LogP contribution in [-0.2, 0) is 14.8 Å². The number of hydrogen-bond donors (Lipinski definition) is 1. The number of nitrogens with zero attached hydrogens (tertiary/aromatic N) is 1. The molecule has 10 heteroatoms. The molecule has 0 saturated carbocycles. The van der Waals surface area contributed by atoms with E-state index < -0.39 is 22.5 Å². The number of hydrogen-bond acceptors (Lipinski definition) is 7. The van der Waals surface area contributed by atoms with E-state index >= 15 is 0 Å². The molecule has 0 aromatic heterocycles. The van der Waals surface area contributed by atoms with Crippen molar-refractivity contribution in [3.05, 3.63) is 36.4 Å². The number of methoxy groups -OCH3 is 4. The van der Waals surface area contributed by atoms with Crippen molar-refractivity contribution >= 4 is 21.6 Å². The zero-order valence-electron chi connectivity index (χ0n) is 16.9. The molecule has 0 aliphatic carbocycles. The third-order valence-electron chi connectivity index (χ3n) is 4.16. The van der Waals surface area contributed by atoms with E-state index in [1.54, 1.807) is 12.1 Å². The molecule has 9 nitrogen and oxygen atoms in total. The maximum atomic E-state index is 13.5. The Morgan fingerprint density at radius 2 is 1.52 bits per heavy atom. The van der Waals surface area contributed by atoms with Crippen LogP contribution in [0.2, 0.25) is 0 Å². The summed E-state index contributed by atoms with van der Waals surface area (Å²) in [5, 5.41) is 2.43. The summed E-state index contributed by atoms with van der Waals surface area (Å²) in [4.78, 5) is 12.0. The maximum absolute atomic E-state index is 13.5. The molecule has 2 rings (SSSR count). The first-order chi connectivity index (χ1) is 13.8. The summed E-state index contributed by atoms with van der Waals surface area (Å²) >= 11 is 0. The Kier molecular flexibility index (Phi) is 7.16. The number of sulfonamides is 1. The van der Waals surface area contributed by atoms with Crippen molar-refractivity contribution in [3.8, 4) is 23.0 Å². The molecule has 1 amide bonds. The van der Waals surface area contributed by atoms with Crippen molar-refractivity contribution in [1.82, 2.24) is 5.32 Å². The zero-order chi connectivity index (χ0) is 21.6. The van der Waals surface area contributed by atoms with Crippen molar-refractivity contribution in [2.75, 3.05) is 46.3 Å². The minimum absolute atomic E-state index is 0.0797. The van der Waals surface area contributed by atoms with E-state index in [0.717, 1.165) is 4.31 Å². The Hall–Kier alpha value is -3.14. The minimum Gasteiger partial charge on any atom is -0.497 e. The van der Waals surface area contributed by atoms with E-state index in [-0.39, 0.29) is 22.1 Å². The predicted molar refractivity (Wildman–Crippen MR) is 108 cm³/mol. The van der Waals surface area contributed by atoms with Crippen molar-refractivity contribution < 1.29 is 32.2 Å². The van der Waals surface area contributed by atoms with Crippen LogP contribution in [0.4, 0.5) is 5.69 Å². The SMILES string of the molecule is CNC(=O)CN(c1cc(OC)ccc1OC)S(=O)(=O)c1ccc(OC)c(OC)c1. The number of ether oxygens (including phenoxy) is 4. The highest BCUT2D eigenvalue weighted by molar-refractivity contribution is 7.92. The molecule has 158 valence electrons. The van der Waals surface area contributed by atoms with Gasteiger partial charge in [0.2, 0.25) is 5.91 Å². The summed E-state index contributed by atoms with van der Waals surface area (Å²) < 4.78 is 48.8. The second-order valence-corrected chi connectivity index (χ2v) is 7.60. The molecule has 1 N–H and O–H groups in total. The summed E-state index contributed by atoms with van der Waals surface area (Å²) in [6.07, 6.45) is 0. The van der Waals surface area contributed by atoms with Gasteiger partial charge in [-0.15, -0.1) is 0 Å². The van der Waals surface area contributed by atoms with Gasteiger partial charge in [-0.25, -0.2) is 8.42 Å². The third-order valence-corrected chi connectivity index (χ3v) is 5.92. The van der Waals surface area contributed by atoms with Gasteiger partial charge in [0.25, 0.3) is 10.0 Å². The van der Waals surface area contributed by atoms with E-state index in [1.807, 2.05) is 0 Å². The van der Waals surface area contributed by atoms with Crippen molar-refractivity contribution in [3.63, 3.8) is 0 Å². The molecular weight excluding hydrogens is 400 g/mol. The molecule has 0 atom stereocenters. The highest BCUT2D eigenvalue weighted by atomic mass is 32.2. The number of anilines is 1. The first-order valence-electron chi connectivity index (χ1n) is 8.49. The van der Waals surface area contributed by atoms with Crippen LogP contribution in [0.5, 0.6) is 23.0 Å². The van der Waals surface area contributed by atoms with Crippen molar-refractivity contribution in [1.29, 1.82) is 0 Å². The third kappa shape index (κ3) is 4.65. The highest BCUT2D eigenvalue weighted by Gasteiger charge is 2.30. The molecule has 0 bridgehead atoms.